The first-order chi connectivity index (χ1) is 12.4. The second-order valence-electron chi connectivity index (χ2n) is 6.43. The molecule has 0 radical (unpaired) electrons. The van der Waals surface area contributed by atoms with E-state index in [1.807, 2.05) is 13.8 Å². The van der Waals surface area contributed by atoms with Gasteiger partial charge in [-0.3, -0.25) is 4.79 Å². The highest BCUT2D eigenvalue weighted by Gasteiger charge is 2.17. The average molecular weight is 382 g/mol. The molecule has 0 fully saturated rings. The number of benzene rings is 1. The van der Waals surface area contributed by atoms with Crippen LogP contribution < -0.4 is 14.8 Å². The quantitative estimate of drug-likeness (QED) is 0.605. The van der Waals surface area contributed by atoms with Gasteiger partial charge in [-0.2, -0.15) is 0 Å². The molecule has 26 heavy (non-hydrogen) atoms. The largest absolute Gasteiger partial charge is 0.489 e. The van der Waals surface area contributed by atoms with Crippen molar-refractivity contribution in [2.45, 2.75) is 33.3 Å². The lowest BCUT2D eigenvalue weighted by atomic mass is 10.2. The minimum absolute atomic E-state index is 0.320. The molecule has 0 aliphatic carbocycles. The number of hydrogen-bond donors (Lipinski definition) is 1. The fraction of sp³-hybridized carbons (Fsp3) is 0.474. The van der Waals surface area contributed by atoms with Crippen LogP contribution in [0.15, 0.2) is 18.2 Å². The van der Waals surface area contributed by atoms with E-state index in [1.54, 1.807) is 18.2 Å². The van der Waals surface area contributed by atoms with Crippen molar-refractivity contribution in [2.75, 3.05) is 19.8 Å². The van der Waals surface area contributed by atoms with Gasteiger partial charge >= 0.3 is 5.97 Å². The summed E-state index contributed by atoms with van der Waals surface area (Å²) in [5.74, 6) is 0.453. The van der Waals surface area contributed by atoms with Crippen LogP contribution in [0, 0.1) is 5.92 Å². The van der Waals surface area contributed by atoms with E-state index in [2.05, 4.69) is 5.32 Å². The molecule has 1 amide bonds. The molecule has 0 unspecified atom stereocenters. The zero-order chi connectivity index (χ0) is 19.1. The fourth-order valence-corrected chi connectivity index (χ4v) is 2.50. The van der Waals surface area contributed by atoms with E-state index < -0.39 is 12.1 Å². The standard InChI is InChI=1S/C19H24ClNO5/c1-12(2)11-21-19(23)13(3)26-17(22)6-5-14-9-15(20)18-16(10-14)24-7-4-8-25-18/h5-6,9-10,12-13H,4,7-8,11H2,1-3H3,(H,21,23)/b6-5+/t13-/m1/s1. The summed E-state index contributed by atoms with van der Waals surface area (Å²) in [6, 6.07) is 3.42. The summed E-state index contributed by atoms with van der Waals surface area (Å²) in [4.78, 5) is 23.8. The molecular weight excluding hydrogens is 358 g/mol. The summed E-state index contributed by atoms with van der Waals surface area (Å²) in [7, 11) is 0. The van der Waals surface area contributed by atoms with E-state index in [0.717, 1.165) is 6.42 Å². The molecule has 1 aromatic carbocycles. The molecule has 1 heterocycles. The number of hydrogen-bond acceptors (Lipinski definition) is 5. The molecular formula is C19H24ClNO5. The summed E-state index contributed by atoms with van der Waals surface area (Å²) in [6.45, 7) is 7.13. The molecule has 6 nitrogen and oxygen atoms in total. The SMILES string of the molecule is CC(C)CNC(=O)[C@@H](C)OC(=O)/C=C/c1cc(Cl)c2c(c1)OCCCO2. The van der Waals surface area contributed by atoms with Crippen LogP contribution in [0.1, 0.15) is 32.8 Å². The van der Waals surface area contributed by atoms with E-state index in [4.69, 9.17) is 25.8 Å². The molecule has 142 valence electrons. The van der Waals surface area contributed by atoms with Crippen molar-refractivity contribution in [3.63, 3.8) is 0 Å². The third-order valence-corrected chi connectivity index (χ3v) is 3.86. The Labute approximate surface area is 158 Å². The molecule has 1 N–H and O–H groups in total. The van der Waals surface area contributed by atoms with E-state index in [0.29, 0.717) is 47.8 Å². The Morgan fingerprint density at radius 2 is 2.00 bits per heavy atom. The number of fused-ring (bicyclic) bond motifs is 1. The van der Waals surface area contributed by atoms with E-state index in [1.165, 1.54) is 13.0 Å². The number of carbonyl (C=O) groups is 2. The van der Waals surface area contributed by atoms with Crippen LogP contribution in [0.25, 0.3) is 6.08 Å². The van der Waals surface area contributed by atoms with E-state index in [-0.39, 0.29) is 5.91 Å². The highest BCUT2D eigenvalue weighted by molar-refractivity contribution is 6.32. The zero-order valence-electron chi connectivity index (χ0n) is 15.2. The van der Waals surface area contributed by atoms with Gasteiger partial charge in [-0.1, -0.05) is 25.4 Å². The summed E-state index contributed by atoms with van der Waals surface area (Å²) in [5, 5.41) is 3.14. The van der Waals surface area contributed by atoms with Crippen molar-refractivity contribution in [2.24, 2.45) is 5.92 Å². The highest BCUT2D eigenvalue weighted by atomic mass is 35.5. The minimum Gasteiger partial charge on any atom is -0.489 e. The first kappa shape index (κ1) is 20.1. The van der Waals surface area contributed by atoms with E-state index in [9.17, 15) is 9.59 Å². The van der Waals surface area contributed by atoms with Gasteiger partial charge in [0.15, 0.2) is 17.6 Å². The predicted molar refractivity (Wildman–Crippen MR) is 99.5 cm³/mol. The Morgan fingerprint density at radius 3 is 2.73 bits per heavy atom. The average Bonchev–Trinajstić information content (AvgIpc) is 2.83. The molecule has 1 atom stereocenters. The van der Waals surface area contributed by atoms with Gasteiger partial charge in [0, 0.05) is 19.0 Å². The Morgan fingerprint density at radius 1 is 1.27 bits per heavy atom. The van der Waals surface area contributed by atoms with Crippen LogP contribution >= 0.6 is 11.6 Å². The second kappa shape index (κ2) is 9.48. The maximum Gasteiger partial charge on any atom is 0.331 e. The topological polar surface area (TPSA) is 73.9 Å². The Bertz CT molecular complexity index is 687. The third kappa shape index (κ3) is 5.95. The van der Waals surface area contributed by atoms with Gasteiger partial charge < -0.3 is 19.5 Å². The number of amides is 1. The van der Waals surface area contributed by atoms with Gasteiger partial charge in [0.1, 0.15) is 0 Å². The lowest BCUT2D eigenvalue weighted by Gasteiger charge is -2.13. The molecule has 0 saturated heterocycles. The van der Waals surface area contributed by atoms with Crippen LogP contribution in [0.5, 0.6) is 11.5 Å². The van der Waals surface area contributed by atoms with Gasteiger partial charge in [-0.05, 0) is 36.6 Å². The molecule has 0 bridgehead atoms. The monoisotopic (exact) mass is 381 g/mol. The van der Waals surface area contributed by atoms with Gasteiger partial charge in [-0.25, -0.2) is 4.79 Å². The summed E-state index contributed by atoms with van der Waals surface area (Å²) in [5.41, 5.74) is 0.674. The molecule has 1 aliphatic heterocycles. The maximum absolute atomic E-state index is 11.9. The summed E-state index contributed by atoms with van der Waals surface area (Å²) >= 11 is 6.21. The predicted octanol–water partition coefficient (Wildman–Crippen LogP) is 3.22. The zero-order valence-corrected chi connectivity index (χ0v) is 16.0. The molecule has 0 aromatic heterocycles. The van der Waals surface area contributed by atoms with Gasteiger partial charge in [-0.15, -0.1) is 0 Å². The van der Waals surface area contributed by atoms with Crippen LogP contribution in [-0.4, -0.2) is 37.7 Å². The summed E-state index contributed by atoms with van der Waals surface area (Å²) < 4.78 is 16.3. The molecule has 1 aromatic rings. The fourth-order valence-electron chi connectivity index (χ4n) is 2.23. The number of esters is 1. The Hall–Kier alpha value is -2.21. The second-order valence-corrected chi connectivity index (χ2v) is 6.84. The van der Waals surface area contributed by atoms with Gasteiger partial charge in [0.25, 0.3) is 5.91 Å². The van der Waals surface area contributed by atoms with Crippen LogP contribution in [-0.2, 0) is 14.3 Å². The molecule has 7 heteroatoms. The maximum atomic E-state index is 11.9. The van der Waals surface area contributed by atoms with Crippen molar-refractivity contribution < 1.29 is 23.8 Å². The number of nitrogens with one attached hydrogen (secondary N) is 1. The summed E-state index contributed by atoms with van der Waals surface area (Å²) in [6.07, 6.45) is 2.72. The van der Waals surface area contributed by atoms with Crippen LogP contribution in [0.4, 0.5) is 0 Å². The van der Waals surface area contributed by atoms with Crippen molar-refractivity contribution >= 4 is 29.6 Å². The molecule has 0 saturated carbocycles. The lowest BCUT2D eigenvalue weighted by molar-refractivity contribution is -0.150. The number of halogens is 1. The minimum atomic E-state index is -0.863. The van der Waals surface area contributed by atoms with E-state index >= 15 is 0 Å². The highest BCUT2D eigenvalue weighted by Crippen LogP contribution is 2.38. The van der Waals surface area contributed by atoms with Crippen LogP contribution in [0.3, 0.4) is 0 Å². The van der Waals surface area contributed by atoms with Gasteiger partial charge in [0.05, 0.1) is 18.2 Å². The number of carbonyl (C=O) groups excluding carboxylic acids is 2. The Balaban J connectivity index is 1.96. The number of ether oxygens (including phenoxy) is 3. The number of rotatable bonds is 6. The molecule has 1 aliphatic rings. The van der Waals surface area contributed by atoms with Crippen molar-refractivity contribution in [1.82, 2.24) is 5.32 Å². The third-order valence-electron chi connectivity index (χ3n) is 3.58. The van der Waals surface area contributed by atoms with Crippen molar-refractivity contribution in [3.8, 4) is 11.5 Å². The normalized spacial score (nSPS) is 14.8. The van der Waals surface area contributed by atoms with Crippen LogP contribution in [0.2, 0.25) is 5.02 Å². The Kier molecular flexibility index (Phi) is 7.33. The molecule has 0 spiro atoms. The smallest absolute Gasteiger partial charge is 0.331 e. The first-order valence-electron chi connectivity index (χ1n) is 8.62. The van der Waals surface area contributed by atoms with Crippen molar-refractivity contribution in [1.29, 1.82) is 0 Å². The first-order valence-corrected chi connectivity index (χ1v) is 9.00. The van der Waals surface area contributed by atoms with Crippen molar-refractivity contribution in [3.05, 3.63) is 28.8 Å². The lowest BCUT2D eigenvalue weighted by Crippen LogP contribution is -2.37. The molecule has 2 rings (SSSR count). The van der Waals surface area contributed by atoms with Gasteiger partial charge in [0.2, 0.25) is 0 Å².